The molecule has 2 rings (SSSR count). The normalized spacial score (nSPS) is 34.3. The number of rotatable bonds is 2. The summed E-state index contributed by atoms with van der Waals surface area (Å²) in [4.78, 5) is 13.8. The first-order valence-corrected chi connectivity index (χ1v) is 6.17. The molecule has 2 aliphatic rings. The summed E-state index contributed by atoms with van der Waals surface area (Å²) in [7, 11) is 0. The highest BCUT2D eigenvalue weighted by Crippen LogP contribution is 2.23. The zero-order valence-electron chi connectivity index (χ0n) is 9.58. The van der Waals surface area contributed by atoms with E-state index in [0.29, 0.717) is 17.9 Å². The molecule has 1 aliphatic carbocycles. The van der Waals surface area contributed by atoms with Crippen LogP contribution in [0.5, 0.6) is 0 Å². The van der Waals surface area contributed by atoms with Gasteiger partial charge in [-0.1, -0.05) is 6.92 Å². The Kier molecular flexibility index (Phi) is 3.76. The zero-order valence-corrected chi connectivity index (χ0v) is 9.58. The summed E-state index contributed by atoms with van der Waals surface area (Å²) in [6.07, 6.45) is 5.20. The molecule has 1 saturated carbocycles. The van der Waals surface area contributed by atoms with E-state index in [0.717, 1.165) is 51.8 Å². The van der Waals surface area contributed by atoms with E-state index in [1.54, 1.807) is 0 Å². The average molecular weight is 211 g/mol. The third-order valence-corrected chi connectivity index (χ3v) is 3.57. The Morgan fingerprint density at radius 2 is 2.40 bits per heavy atom. The second kappa shape index (κ2) is 5.08. The monoisotopic (exact) mass is 211 g/mol. The summed E-state index contributed by atoms with van der Waals surface area (Å²) in [6.45, 7) is 5.19. The lowest BCUT2D eigenvalue weighted by molar-refractivity contribution is -0.117. The number of hydrogen-bond acceptors (Lipinski definition) is 3. The van der Waals surface area contributed by atoms with Crippen LogP contribution in [0.25, 0.3) is 0 Å². The smallest absolute Gasteiger partial charge is 0.134 e. The van der Waals surface area contributed by atoms with Crippen molar-refractivity contribution in [2.24, 2.45) is 0 Å². The fourth-order valence-corrected chi connectivity index (χ4v) is 2.61. The molecule has 1 heterocycles. The zero-order chi connectivity index (χ0) is 10.7. The molecule has 0 radical (unpaired) electrons. The van der Waals surface area contributed by atoms with Crippen LogP contribution in [0, 0.1) is 0 Å². The van der Waals surface area contributed by atoms with Gasteiger partial charge in [0.1, 0.15) is 5.78 Å². The van der Waals surface area contributed by atoms with E-state index in [-0.39, 0.29) is 0 Å². The van der Waals surface area contributed by atoms with Crippen molar-refractivity contribution in [1.29, 1.82) is 0 Å². The van der Waals surface area contributed by atoms with Gasteiger partial charge in [-0.25, -0.2) is 0 Å². The minimum Gasteiger partial charge on any atom is -0.377 e. The predicted octanol–water partition coefficient (Wildman–Crippen LogP) is 1.61. The third kappa shape index (κ3) is 2.79. The van der Waals surface area contributed by atoms with Crippen LogP contribution in [0.1, 0.15) is 39.0 Å². The van der Waals surface area contributed by atoms with Gasteiger partial charge in [0.05, 0.1) is 6.10 Å². The molecule has 2 unspecified atom stereocenters. The van der Waals surface area contributed by atoms with Gasteiger partial charge in [0.2, 0.25) is 0 Å². The van der Waals surface area contributed by atoms with Gasteiger partial charge in [0, 0.05) is 38.6 Å². The number of carbonyl (C=O) groups is 1. The maximum atomic E-state index is 11.3. The molecule has 1 saturated heterocycles. The minimum atomic E-state index is 0.378. The largest absolute Gasteiger partial charge is 0.377 e. The highest BCUT2D eigenvalue weighted by Gasteiger charge is 2.29. The van der Waals surface area contributed by atoms with Crippen molar-refractivity contribution < 1.29 is 9.53 Å². The number of nitrogens with zero attached hydrogens (tertiary/aromatic N) is 1. The van der Waals surface area contributed by atoms with Crippen molar-refractivity contribution in [2.75, 3.05) is 19.7 Å². The van der Waals surface area contributed by atoms with E-state index in [1.807, 2.05) is 0 Å². The Balaban J connectivity index is 1.92. The molecule has 3 heteroatoms. The van der Waals surface area contributed by atoms with Gasteiger partial charge in [-0.15, -0.1) is 0 Å². The average Bonchev–Trinajstić information content (AvgIpc) is 2.54. The van der Waals surface area contributed by atoms with Crippen LogP contribution in [0.15, 0.2) is 0 Å². The summed E-state index contributed by atoms with van der Waals surface area (Å²) in [5, 5.41) is 0. The molecule has 0 bridgehead atoms. The van der Waals surface area contributed by atoms with Gasteiger partial charge in [-0.3, -0.25) is 9.69 Å². The van der Waals surface area contributed by atoms with Crippen LogP contribution in [-0.2, 0) is 9.53 Å². The molecule has 15 heavy (non-hydrogen) atoms. The number of ether oxygens (including phenoxy) is 1. The quantitative estimate of drug-likeness (QED) is 0.695. The molecule has 0 amide bonds. The van der Waals surface area contributed by atoms with Gasteiger partial charge in [-0.2, -0.15) is 0 Å². The molecule has 0 aromatic rings. The summed E-state index contributed by atoms with van der Waals surface area (Å²) >= 11 is 0. The fourth-order valence-electron chi connectivity index (χ4n) is 2.61. The third-order valence-electron chi connectivity index (χ3n) is 3.57. The maximum Gasteiger partial charge on any atom is 0.134 e. The first kappa shape index (κ1) is 11.1. The molecule has 0 N–H and O–H groups in total. The lowest BCUT2D eigenvalue weighted by atomic mass is 10.1. The SMILES string of the molecule is CCC1CN(C2CCC(=O)C2)CCCO1. The molecule has 86 valence electrons. The molecule has 1 aliphatic heterocycles. The molecule has 0 aromatic heterocycles. The number of Topliss-reactive ketones (excluding diaryl/α,β-unsaturated/α-hetero) is 1. The Bertz CT molecular complexity index is 230. The van der Waals surface area contributed by atoms with Crippen molar-refractivity contribution >= 4 is 5.78 Å². The molecule has 2 atom stereocenters. The highest BCUT2D eigenvalue weighted by atomic mass is 16.5. The van der Waals surface area contributed by atoms with Crippen LogP contribution in [0.2, 0.25) is 0 Å². The summed E-state index contributed by atoms with van der Waals surface area (Å²) < 4.78 is 5.74. The van der Waals surface area contributed by atoms with Crippen LogP contribution in [0.4, 0.5) is 0 Å². The first-order valence-electron chi connectivity index (χ1n) is 6.17. The lowest BCUT2D eigenvalue weighted by Crippen LogP contribution is -2.38. The molecule has 2 fully saturated rings. The number of hydrogen-bond donors (Lipinski definition) is 0. The fraction of sp³-hybridized carbons (Fsp3) is 0.917. The van der Waals surface area contributed by atoms with Gasteiger partial charge in [-0.05, 0) is 19.3 Å². The maximum absolute atomic E-state index is 11.3. The van der Waals surface area contributed by atoms with Crippen molar-refractivity contribution in [3.05, 3.63) is 0 Å². The van der Waals surface area contributed by atoms with Gasteiger partial charge < -0.3 is 4.74 Å². The van der Waals surface area contributed by atoms with Crippen molar-refractivity contribution in [2.45, 2.75) is 51.2 Å². The molecule has 0 spiro atoms. The standard InChI is InChI=1S/C12H21NO2/c1-2-12-9-13(6-3-7-15-12)10-4-5-11(14)8-10/h10,12H,2-9H2,1H3. The van der Waals surface area contributed by atoms with Gasteiger partial charge >= 0.3 is 0 Å². The number of ketones is 1. The van der Waals surface area contributed by atoms with Crippen LogP contribution in [-0.4, -0.2) is 42.5 Å². The van der Waals surface area contributed by atoms with Gasteiger partial charge in [0.15, 0.2) is 0 Å². The Morgan fingerprint density at radius 3 is 3.07 bits per heavy atom. The highest BCUT2D eigenvalue weighted by molar-refractivity contribution is 5.81. The predicted molar refractivity (Wildman–Crippen MR) is 58.9 cm³/mol. The Labute approximate surface area is 91.8 Å². The molecule has 3 nitrogen and oxygen atoms in total. The number of carbonyl (C=O) groups excluding carboxylic acids is 1. The van der Waals surface area contributed by atoms with E-state index in [2.05, 4.69) is 11.8 Å². The second-order valence-corrected chi connectivity index (χ2v) is 4.68. The van der Waals surface area contributed by atoms with Crippen LogP contribution >= 0.6 is 0 Å². The Morgan fingerprint density at radius 1 is 1.53 bits per heavy atom. The van der Waals surface area contributed by atoms with E-state index < -0.39 is 0 Å². The van der Waals surface area contributed by atoms with Crippen LogP contribution < -0.4 is 0 Å². The van der Waals surface area contributed by atoms with Crippen molar-refractivity contribution in [1.82, 2.24) is 4.90 Å². The first-order chi connectivity index (χ1) is 7.29. The molecule has 0 aromatic carbocycles. The van der Waals surface area contributed by atoms with E-state index in [9.17, 15) is 4.79 Å². The lowest BCUT2D eigenvalue weighted by Gasteiger charge is -2.28. The summed E-state index contributed by atoms with van der Waals surface area (Å²) in [5.41, 5.74) is 0. The topological polar surface area (TPSA) is 29.5 Å². The van der Waals surface area contributed by atoms with E-state index in [4.69, 9.17) is 4.74 Å². The van der Waals surface area contributed by atoms with Crippen molar-refractivity contribution in [3.8, 4) is 0 Å². The second-order valence-electron chi connectivity index (χ2n) is 4.68. The summed E-state index contributed by atoms with van der Waals surface area (Å²) in [6, 6.07) is 0.508. The molecular weight excluding hydrogens is 190 g/mol. The van der Waals surface area contributed by atoms with E-state index in [1.165, 1.54) is 0 Å². The Hall–Kier alpha value is -0.410. The minimum absolute atomic E-state index is 0.378. The van der Waals surface area contributed by atoms with Gasteiger partial charge in [0.25, 0.3) is 0 Å². The van der Waals surface area contributed by atoms with Crippen molar-refractivity contribution in [3.63, 3.8) is 0 Å². The van der Waals surface area contributed by atoms with E-state index >= 15 is 0 Å². The molecular formula is C12H21NO2. The summed E-state index contributed by atoms with van der Waals surface area (Å²) in [5.74, 6) is 0.443. The van der Waals surface area contributed by atoms with Crippen LogP contribution in [0.3, 0.4) is 0 Å².